The monoisotopic (exact) mass is 381 g/mol. The van der Waals surface area contributed by atoms with Crippen LogP contribution >= 0.6 is 0 Å². The number of aromatic nitrogens is 2. The highest BCUT2D eigenvalue weighted by molar-refractivity contribution is 5.93. The van der Waals surface area contributed by atoms with Crippen molar-refractivity contribution in [2.24, 2.45) is 5.41 Å². The van der Waals surface area contributed by atoms with Crippen molar-refractivity contribution in [1.82, 2.24) is 14.9 Å². The zero-order valence-corrected chi connectivity index (χ0v) is 17.3. The Kier molecular flexibility index (Phi) is 3.39. The molecule has 1 aromatic heterocycles. The summed E-state index contributed by atoms with van der Waals surface area (Å²) >= 11 is 0. The molecule has 0 N–H and O–H groups in total. The second-order valence-corrected chi connectivity index (χ2v) is 8.95. The average Bonchev–Trinajstić information content (AvgIpc) is 3.24. The van der Waals surface area contributed by atoms with Gasteiger partial charge in [0.1, 0.15) is 0 Å². The summed E-state index contributed by atoms with van der Waals surface area (Å²) in [5.41, 5.74) is 2.36. The molecule has 148 valence electrons. The number of fused-ring (bicyclic) bond motifs is 7. The van der Waals surface area contributed by atoms with Gasteiger partial charge in [-0.15, -0.1) is 0 Å². The maximum atomic E-state index is 13.8. The van der Waals surface area contributed by atoms with Crippen LogP contribution in [0, 0.1) is 5.41 Å². The van der Waals surface area contributed by atoms with Gasteiger partial charge in [0, 0.05) is 30.6 Å². The molecule has 1 aliphatic heterocycles. The lowest BCUT2D eigenvalue weighted by Crippen LogP contribution is -2.52. The first-order chi connectivity index (χ1) is 13.3. The van der Waals surface area contributed by atoms with Gasteiger partial charge in [0.15, 0.2) is 11.5 Å². The predicted molar refractivity (Wildman–Crippen MR) is 106 cm³/mol. The zero-order chi connectivity index (χ0) is 19.9. The number of hydrogen-bond acceptors (Lipinski definition) is 5. The minimum atomic E-state index is -0.624. The van der Waals surface area contributed by atoms with E-state index in [0.29, 0.717) is 24.6 Å². The number of nitrogens with zero attached hydrogens (tertiary/aromatic N) is 3. The molecule has 2 heterocycles. The molecule has 2 bridgehead atoms. The van der Waals surface area contributed by atoms with Crippen molar-refractivity contribution < 1.29 is 14.3 Å². The van der Waals surface area contributed by atoms with E-state index in [2.05, 4.69) is 20.8 Å². The highest BCUT2D eigenvalue weighted by Gasteiger charge is 2.73. The van der Waals surface area contributed by atoms with Crippen LogP contribution in [0.15, 0.2) is 12.1 Å². The van der Waals surface area contributed by atoms with E-state index in [4.69, 9.17) is 19.4 Å². The van der Waals surface area contributed by atoms with Crippen molar-refractivity contribution in [3.63, 3.8) is 0 Å². The summed E-state index contributed by atoms with van der Waals surface area (Å²) < 4.78 is 11.1. The third-order valence-electron chi connectivity index (χ3n) is 7.95. The molecule has 0 saturated heterocycles. The fourth-order valence-electron chi connectivity index (χ4n) is 5.75. The molecule has 2 atom stereocenters. The molecule has 1 aromatic carbocycles. The van der Waals surface area contributed by atoms with Gasteiger partial charge in [0.25, 0.3) is 0 Å². The molecule has 2 unspecified atom stereocenters. The fourth-order valence-corrected chi connectivity index (χ4v) is 5.75. The lowest BCUT2D eigenvalue weighted by atomic mass is 9.63. The molecule has 6 nitrogen and oxygen atoms in total. The number of rotatable bonds is 3. The average molecular weight is 381 g/mol. The van der Waals surface area contributed by atoms with Crippen molar-refractivity contribution in [2.75, 3.05) is 19.9 Å². The zero-order valence-electron chi connectivity index (χ0n) is 17.3. The summed E-state index contributed by atoms with van der Waals surface area (Å²) in [6, 6.07) is 3.80. The molecule has 1 saturated carbocycles. The van der Waals surface area contributed by atoms with Crippen LogP contribution in [0.1, 0.15) is 58.8 Å². The summed E-state index contributed by atoms with van der Waals surface area (Å²) in [6.07, 6.45) is 1.77. The second-order valence-electron chi connectivity index (χ2n) is 8.95. The van der Waals surface area contributed by atoms with Crippen molar-refractivity contribution >= 4 is 16.9 Å². The Morgan fingerprint density at radius 1 is 1.00 bits per heavy atom. The smallest absolute Gasteiger partial charge is 0.235 e. The molecular weight excluding hydrogens is 354 g/mol. The Balaban J connectivity index is 1.79. The van der Waals surface area contributed by atoms with E-state index in [-0.39, 0.29) is 23.5 Å². The van der Waals surface area contributed by atoms with Crippen LogP contribution in [0.3, 0.4) is 0 Å². The van der Waals surface area contributed by atoms with Crippen molar-refractivity contribution in [3.8, 4) is 11.5 Å². The summed E-state index contributed by atoms with van der Waals surface area (Å²) in [6.45, 7) is 12.4. The van der Waals surface area contributed by atoms with Crippen LogP contribution < -0.4 is 9.47 Å². The van der Waals surface area contributed by atoms with E-state index < -0.39 is 5.41 Å². The first kappa shape index (κ1) is 17.7. The number of carbonyl (C=O) groups is 1. The molecule has 2 aliphatic carbocycles. The number of likely N-dealkylation sites (N-methyl/N-ethyl adjacent to an activating group) is 1. The number of carbonyl (C=O) groups excluding carboxylic acids is 1. The van der Waals surface area contributed by atoms with Crippen molar-refractivity contribution in [2.45, 2.75) is 58.3 Å². The molecule has 28 heavy (non-hydrogen) atoms. The molecule has 0 radical (unpaired) electrons. The van der Waals surface area contributed by atoms with Crippen LogP contribution in [0.25, 0.3) is 11.0 Å². The lowest BCUT2D eigenvalue weighted by Gasteiger charge is -2.41. The standard InChI is InChI=1S/C22H27N3O3/c1-6-25(7-2)19(26)22-9-8-21(5,20(22,3)4)17-18(22)24-14-11-16-15(27-12-28-16)10-13(14)23-17/h10-11H,6-9,12H2,1-5H3. The van der Waals surface area contributed by atoms with E-state index in [1.54, 1.807) is 0 Å². The number of hydrogen-bond donors (Lipinski definition) is 0. The van der Waals surface area contributed by atoms with Gasteiger partial charge in [-0.05, 0) is 32.1 Å². The normalized spacial score (nSPS) is 28.6. The Bertz CT molecular complexity index is 1010. The third-order valence-corrected chi connectivity index (χ3v) is 7.95. The summed E-state index contributed by atoms with van der Waals surface area (Å²) in [7, 11) is 0. The molecule has 6 heteroatoms. The van der Waals surface area contributed by atoms with Gasteiger partial charge in [-0.3, -0.25) is 4.79 Å². The van der Waals surface area contributed by atoms with Gasteiger partial charge >= 0.3 is 0 Å². The van der Waals surface area contributed by atoms with Crippen LogP contribution in [0.4, 0.5) is 0 Å². The Hall–Kier alpha value is -2.37. The van der Waals surface area contributed by atoms with E-state index in [0.717, 1.165) is 35.3 Å². The second kappa shape index (κ2) is 5.37. The van der Waals surface area contributed by atoms with Gasteiger partial charge in [0.05, 0.1) is 27.8 Å². The van der Waals surface area contributed by atoms with Gasteiger partial charge in [-0.1, -0.05) is 20.8 Å². The van der Waals surface area contributed by atoms with Crippen LogP contribution in [-0.4, -0.2) is 40.7 Å². The maximum Gasteiger partial charge on any atom is 0.235 e. The molecule has 1 fully saturated rings. The SMILES string of the molecule is CCN(CC)C(=O)C12CCC(C)(c3nc4cc5c(cc4nc31)OCO5)C2(C)C. The van der Waals surface area contributed by atoms with Gasteiger partial charge in [0.2, 0.25) is 12.7 Å². The van der Waals surface area contributed by atoms with Crippen molar-refractivity contribution in [1.29, 1.82) is 0 Å². The number of benzene rings is 1. The van der Waals surface area contributed by atoms with Gasteiger partial charge < -0.3 is 14.4 Å². The highest BCUT2D eigenvalue weighted by Crippen LogP contribution is 2.70. The lowest BCUT2D eigenvalue weighted by molar-refractivity contribution is -0.141. The molecule has 3 aliphatic rings. The quantitative estimate of drug-likeness (QED) is 0.813. The predicted octanol–water partition coefficient (Wildman–Crippen LogP) is 3.56. The Labute approximate surface area is 165 Å². The largest absolute Gasteiger partial charge is 0.454 e. The van der Waals surface area contributed by atoms with E-state index in [9.17, 15) is 4.79 Å². The maximum absolute atomic E-state index is 13.8. The molecule has 5 rings (SSSR count). The van der Waals surface area contributed by atoms with Crippen LogP contribution in [0.5, 0.6) is 11.5 Å². The Morgan fingerprint density at radius 2 is 1.57 bits per heavy atom. The minimum absolute atomic E-state index is 0.178. The summed E-state index contributed by atoms with van der Waals surface area (Å²) in [5, 5.41) is 0. The highest BCUT2D eigenvalue weighted by atomic mass is 16.7. The third kappa shape index (κ3) is 1.77. The van der Waals surface area contributed by atoms with Gasteiger partial charge in [-0.25, -0.2) is 9.97 Å². The fraction of sp³-hybridized carbons (Fsp3) is 0.591. The number of ether oxygens (including phenoxy) is 2. The van der Waals surface area contributed by atoms with Crippen molar-refractivity contribution in [3.05, 3.63) is 23.5 Å². The summed E-state index contributed by atoms with van der Waals surface area (Å²) in [5.74, 6) is 1.60. The topological polar surface area (TPSA) is 64.6 Å². The van der Waals surface area contributed by atoms with E-state index in [1.807, 2.05) is 30.9 Å². The molecule has 0 spiro atoms. The molecule has 2 aromatic rings. The first-order valence-corrected chi connectivity index (χ1v) is 10.2. The van der Waals surface area contributed by atoms with E-state index in [1.165, 1.54) is 0 Å². The molecular formula is C22H27N3O3. The molecule has 1 amide bonds. The van der Waals surface area contributed by atoms with Crippen LogP contribution in [-0.2, 0) is 15.6 Å². The van der Waals surface area contributed by atoms with E-state index >= 15 is 0 Å². The summed E-state index contributed by atoms with van der Waals surface area (Å²) in [4.78, 5) is 25.9. The van der Waals surface area contributed by atoms with Gasteiger partial charge in [-0.2, -0.15) is 0 Å². The minimum Gasteiger partial charge on any atom is -0.454 e. The Morgan fingerprint density at radius 3 is 2.14 bits per heavy atom. The number of amides is 1. The first-order valence-electron chi connectivity index (χ1n) is 10.2. The van der Waals surface area contributed by atoms with Crippen LogP contribution in [0.2, 0.25) is 0 Å².